The van der Waals surface area contributed by atoms with Crippen LogP contribution in [0.1, 0.15) is 27.0 Å². The molecule has 122 valence electrons. The number of hydrogen-bond donors (Lipinski definition) is 0. The van der Waals surface area contributed by atoms with Crippen LogP contribution in [0.5, 0.6) is 5.75 Å². The van der Waals surface area contributed by atoms with Crippen molar-refractivity contribution >= 4 is 28.6 Å². The number of carbonyl (C=O) groups is 1. The van der Waals surface area contributed by atoms with Gasteiger partial charge in [-0.1, -0.05) is 29.5 Å². The van der Waals surface area contributed by atoms with E-state index in [1.807, 2.05) is 55.5 Å². The van der Waals surface area contributed by atoms with Crippen molar-refractivity contribution in [3.05, 3.63) is 98.6 Å². The second kappa shape index (κ2) is 8.00. The number of benzene rings is 3. The Labute approximate surface area is 161 Å². The van der Waals surface area contributed by atoms with Crippen LogP contribution in [0.15, 0.2) is 72.8 Å². The summed E-state index contributed by atoms with van der Waals surface area (Å²) < 4.78 is 6.54. The Morgan fingerprint density at radius 3 is 1.88 bits per heavy atom. The number of aryl methyl sites for hydroxylation is 1. The first-order valence-electron chi connectivity index (χ1n) is 7.77. The summed E-state index contributed by atoms with van der Waals surface area (Å²) in [7, 11) is 0. The fourth-order valence-corrected chi connectivity index (χ4v) is 2.50. The van der Waals surface area contributed by atoms with E-state index in [-0.39, 0.29) is 5.97 Å². The maximum Gasteiger partial charge on any atom is 0.343 e. The van der Waals surface area contributed by atoms with Crippen molar-refractivity contribution in [2.45, 2.75) is 6.92 Å². The van der Waals surface area contributed by atoms with Crippen LogP contribution in [-0.4, -0.2) is 5.97 Å². The molecular weight excluding hydrogens is 423 g/mol. The zero-order valence-electron chi connectivity index (χ0n) is 13.6. The molecule has 3 aromatic carbocycles. The third kappa shape index (κ3) is 4.94. The van der Waals surface area contributed by atoms with E-state index in [0.717, 1.165) is 16.7 Å². The SMILES string of the molecule is Cc1ccc(OC(=O)c2ccc(C#Cc3ccc(I)cc3)cc2)cc1. The summed E-state index contributed by atoms with van der Waals surface area (Å²) >= 11 is 2.26. The van der Waals surface area contributed by atoms with Crippen molar-refractivity contribution < 1.29 is 9.53 Å². The molecule has 0 saturated heterocycles. The van der Waals surface area contributed by atoms with E-state index in [1.165, 1.54) is 3.57 Å². The topological polar surface area (TPSA) is 26.3 Å². The van der Waals surface area contributed by atoms with E-state index < -0.39 is 0 Å². The van der Waals surface area contributed by atoms with Gasteiger partial charge in [-0.3, -0.25) is 0 Å². The van der Waals surface area contributed by atoms with Crippen molar-refractivity contribution in [1.29, 1.82) is 0 Å². The Kier molecular flexibility index (Phi) is 5.52. The minimum Gasteiger partial charge on any atom is -0.423 e. The largest absolute Gasteiger partial charge is 0.423 e. The zero-order chi connectivity index (χ0) is 17.6. The fraction of sp³-hybridized carbons (Fsp3) is 0.0455. The summed E-state index contributed by atoms with van der Waals surface area (Å²) in [6.07, 6.45) is 0. The molecule has 0 atom stereocenters. The smallest absolute Gasteiger partial charge is 0.343 e. The zero-order valence-corrected chi connectivity index (χ0v) is 15.8. The molecule has 0 fully saturated rings. The second-order valence-electron chi connectivity index (χ2n) is 5.54. The van der Waals surface area contributed by atoms with Gasteiger partial charge in [0, 0.05) is 14.7 Å². The van der Waals surface area contributed by atoms with E-state index in [0.29, 0.717) is 11.3 Å². The number of carbonyl (C=O) groups excluding carboxylic acids is 1. The van der Waals surface area contributed by atoms with Crippen LogP contribution in [0, 0.1) is 22.3 Å². The Balaban J connectivity index is 1.68. The number of hydrogen-bond acceptors (Lipinski definition) is 2. The van der Waals surface area contributed by atoms with E-state index in [1.54, 1.807) is 24.3 Å². The summed E-state index contributed by atoms with van der Waals surface area (Å²) in [4.78, 5) is 12.2. The lowest BCUT2D eigenvalue weighted by Crippen LogP contribution is -2.08. The lowest BCUT2D eigenvalue weighted by molar-refractivity contribution is 0.0734. The van der Waals surface area contributed by atoms with Crippen LogP contribution < -0.4 is 4.74 Å². The van der Waals surface area contributed by atoms with Crippen LogP contribution >= 0.6 is 22.6 Å². The third-order valence-electron chi connectivity index (χ3n) is 3.55. The minimum absolute atomic E-state index is 0.374. The van der Waals surface area contributed by atoms with Gasteiger partial charge < -0.3 is 4.74 Å². The molecule has 0 saturated carbocycles. The number of rotatable bonds is 2. The van der Waals surface area contributed by atoms with Gasteiger partial charge in [0.15, 0.2) is 0 Å². The van der Waals surface area contributed by atoms with Gasteiger partial charge in [-0.15, -0.1) is 0 Å². The molecule has 0 unspecified atom stereocenters. The molecule has 3 aromatic rings. The summed E-state index contributed by atoms with van der Waals surface area (Å²) in [5.74, 6) is 6.38. The molecule has 0 aliphatic rings. The van der Waals surface area contributed by atoms with E-state index in [9.17, 15) is 4.79 Å². The molecule has 0 spiro atoms. The average molecular weight is 438 g/mol. The summed E-state index contributed by atoms with van der Waals surface area (Å²) in [5, 5.41) is 0. The Hall–Kier alpha value is -2.58. The van der Waals surface area contributed by atoms with Crippen molar-refractivity contribution in [3.63, 3.8) is 0 Å². The third-order valence-corrected chi connectivity index (χ3v) is 4.27. The first kappa shape index (κ1) is 17.2. The summed E-state index contributed by atoms with van der Waals surface area (Å²) in [6, 6.07) is 22.5. The minimum atomic E-state index is -0.374. The van der Waals surface area contributed by atoms with Crippen LogP contribution in [-0.2, 0) is 0 Å². The number of ether oxygens (including phenoxy) is 1. The lowest BCUT2D eigenvalue weighted by atomic mass is 10.1. The highest BCUT2D eigenvalue weighted by molar-refractivity contribution is 14.1. The van der Waals surface area contributed by atoms with Gasteiger partial charge in [-0.2, -0.15) is 0 Å². The molecule has 0 N–H and O–H groups in total. The molecule has 0 radical (unpaired) electrons. The molecular formula is C22H15IO2. The normalized spacial score (nSPS) is 9.84. The average Bonchev–Trinajstić information content (AvgIpc) is 2.63. The maximum absolute atomic E-state index is 12.2. The van der Waals surface area contributed by atoms with Gasteiger partial charge in [0.25, 0.3) is 0 Å². The first-order chi connectivity index (χ1) is 12.1. The highest BCUT2D eigenvalue weighted by atomic mass is 127. The van der Waals surface area contributed by atoms with Crippen molar-refractivity contribution in [1.82, 2.24) is 0 Å². The summed E-state index contributed by atoms with van der Waals surface area (Å²) in [5.41, 5.74) is 3.44. The maximum atomic E-state index is 12.2. The molecule has 0 aromatic heterocycles. The molecule has 3 rings (SSSR count). The Morgan fingerprint density at radius 2 is 1.32 bits per heavy atom. The van der Waals surface area contributed by atoms with E-state index >= 15 is 0 Å². The fourth-order valence-electron chi connectivity index (χ4n) is 2.14. The number of halogens is 1. The second-order valence-corrected chi connectivity index (χ2v) is 6.78. The molecule has 2 nitrogen and oxygen atoms in total. The highest BCUT2D eigenvalue weighted by Gasteiger charge is 2.08. The van der Waals surface area contributed by atoms with E-state index in [2.05, 4.69) is 34.4 Å². The van der Waals surface area contributed by atoms with Crippen molar-refractivity contribution in [3.8, 4) is 17.6 Å². The Morgan fingerprint density at radius 1 is 0.800 bits per heavy atom. The van der Waals surface area contributed by atoms with Gasteiger partial charge in [-0.05, 0) is 90.2 Å². The van der Waals surface area contributed by atoms with Gasteiger partial charge >= 0.3 is 5.97 Å². The first-order valence-corrected chi connectivity index (χ1v) is 8.84. The molecule has 0 heterocycles. The standard InChI is InChI=1S/C22H15IO2/c1-16-2-14-21(15-3-16)25-22(24)19-10-6-17(7-11-19)4-5-18-8-12-20(23)13-9-18/h2-3,6-15H,1H3. The molecule has 3 heteroatoms. The van der Waals surface area contributed by atoms with Crippen molar-refractivity contribution in [2.75, 3.05) is 0 Å². The highest BCUT2D eigenvalue weighted by Crippen LogP contribution is 2.14. The molecule has 0 aliphatic carbocycles. The molecule has 0 amide bonds. The Bertz CT molecular complexity index is 929. The van der Waals surface area contributed by atoms with Crippen LogP contribution in [0.3, 0.4) is 0 Å². The van der Waals surface area contributed by atoms with Crippen LogP contribution in [0.4, 0.5) is 0 Å². The van der Waals surface area contributed by atoms with Crippen molar-refractivity contribution in [2.24, 2.45) is 0 Å². The van der Waals surface area contributed by atoms with Gasteiger partial charge in [0.1, 0.15) is 5.75 Å². The van der Waals surface area contributed by atoms with Gasteiger partial charge in [0.05, 0.1) is 5.56 Å². The van der Waals surface area contributed by atoms with Crippen LogP contribution in [0.2, 0.25) is 0 Å². The van der Waals surface area contributed by atoms with Crippen LogP contribution in [0.25, 0.3) is 0 Å². The van der Waals surface area contributed by atoms with Gasteiger partial charge in [-0.25, -0.2) is 4.79 Å². The van der Waals surface area contributed by atoms with E-state index in [4.69, 9.17) is 4.74 Å². The molecule has 0 aliphatic heterocycles. The molecule has 0 bridgehead atoms. The molecule has 25 heavy (non-hydrogen) atoms. The monoisotopic (exact) mass is 438 g/mol. The predicted molar refractivity (Wildman–Crippen MR) is 108 cm³/mol. The quantitative estimate of drug-likeness (QED) is 0.238. The lowest BCUT2D eigenvalue weighted by Gasteiger charge is -2.04. The summed E-state index contributed by atoms with van der Waals surface area (Å²) in [6.45, 7) is 1.99. The predicted octanol–water partition coefficient (Wildman–Crippen LogP) is 5.22. The van der Waals surface area contributed by atoms with Gasteiger partial charge in [0.2, 0.25) is 0 Å². The number of esters is 1.